The first-order valence-corrected chi connectivity index (χ1v) is 7.76. The molecule has 1 fully saturated rings. The summed E-state index contributed by atoms with van der Waals surface area (Å²) >= 11 is 0. The second-order valence-corrected chi connectivity index (χ2v) is 5.63. The van der Waals surface area contributed by atoms with Crippen LogP contribution in [0, 0.1) is 11.6 Å². The number of nitrogens with zero attached hydrogens (tertiary/aromatic N) is 1. The molecule has 116 valence electrons. The van der Waals surface area contributed by atoms with Crippen LogP contribution in [0.25, 0.3) is 0 Å². The van der Waals surface area contributed by atoms with E-state index in [0.717, 1.165) is 30.5 Å². The van der Waals surface area contributed by atoms with Gasteiger partial charge < -0.3 is 10.2 Å². The lowest BCUT2D eigenvalue weighted by Gasteiger charge is -2.30. The number of halogens is 2. The summed E-state index contributed by atoms with van der Waals surface area (Å²) in [6, 6.07) is 12.3. The van der Waals surface area contributed by atoms with Crippen LogP contribution in [0.2, 0.25) is 0 Å². The third kappa shape index (κ3) is 3.21. The van der Waals surface area contributed by atoms with Gasteiger partial charge in [0.1, 0.15) is 0 Å². The number of rotatable bonds is 4. The van der Waals surface area contributed by atoms with Gasteiger partial charge in [-0.3, -0.25) is 0 Å². The lowest BCUT2D eigenvalue weighted by molar-refractivity contribution is 0.500. The Hall–Kier alpha value is -2.10. The Morgan fingerprint density at radius 3 is 2.50 bits per heavy atom. The number of hydrogen-bond donors (Lipinski definition) is 1. The van der Waals surface area contributed by atoms with Crippen molar-refractivity contribution in [1.82, 2.24) is 0 Å². The maximum atomic E-state index is 13.7. The lowest BCUT2D eigenvalue weighted by atomic mass is 10.1. The number of anilines is 2. The Labute approximate surface area is 129 Å². The maximum Gasteiger partial charge on any atom is 0.163 e. The van der Waals surface area contributed by atoms with Crippen molar-refractivity contribution in [3.63, 3.8) is 0 Å². The molecule has 22 heavy (non-hydrogen) atoms. The molecular formula is C18H20F2N2. The molecule has 1 saturated heterocycles. The van der Waals surface area contributed by atoms with Gasteiger partial charge in [-0.1, -0.05) is 24.3 Å². The van der Waals surface area contributed by atoms with Gasteiger partial charge in [-0.05, 0) is 37.5 Å². The van der Waals surface area contributed by atoms with Gasteiger partial charge in [0, 0.05) is 25.2 Å². The fourth-order valence-corrected chi connectivity index (χ4v) is 2.91. The number of nitrogens with one attached hydrogen (secondary N) is 1. The molecule has 0 unspecified atom stereocenters. The molecule has 1 aliphatic heterocycles. The SMILES string of the molecule is Fc1cccc(CNc2ccccc2N2CCCCC2)c1F. The molecule has 4 heteroatoms. The summed E-state index contributed by atoms with van der Waals surface area (Å²) in [6.07, 6.45) is 3.68. The molecule has 0 bridgehead atoms. The zero-order chi connectivity index (χ0) is 15.4. The van der Waals surface area contributed by atoms with E-state index in [1.807, 2.05) is 18.2 Å². The minimum Gasteiger partial charge on any atom is -0.379 e. The summed E-state index contributed by atoms with van der Waals surface area (Å²) in [5.41, 5.74) is 2.44. The fraction of sp³-hybridized carbons (Fsp3) is 0.333. The van der Waals surface area contributed by atoms with Crippen molar-refractivity contribution in [2.45, 2.75) is 25.8 Å². The molecule has 0 aromatic heterocycles. The van der Waals surface area contributed by atoms with E-state index in [-0.39, 0.29) is 6.54 Å². The minimum absolute atomic E-state index is 0.272. The summed E-state index contributed by atoms with van der Waals surface area (Å²) in [5, 5.41) is 3.25. The zero-order valence-corrected chi connectivity index (χ0v) is 12.5. The largest absolute Gasteiger partial charge is 0.379 e. The molecule has 1 N–H and O–H groups in total. The summed E-state index contributed by atoms with van der Waals surface area (Å²) in [5.74, 6) is -1.57. The number of benzene rings is 2. The lowest BCUT2D eigenvalue weighted by Crippen LogP contribution is -2.30. The first-order chi connectivity index (χ1) is 10.8. The monoisotopic (exact) mass is 302 g/mol. The van der Waals surface area contributed by atoms with E-state index in [1.54, 1.807) is 6.07 Å². The first kappa shape index (κ1) is 14.8. The van der Waals surface area contributed by atoms with Gasteiger partial charge in [0.2, 0.25) is 0 Å². The molecule has 0 spiro atoms. The molecule has 0 amide bonds. The number of piperidine rings is 1. The third-order valence-electron chi connectivity index (χ3n) is 4.10. The van der Waals surface area contributed by atoms with E-state index >= 15 is 0 Å². The van der Waals surface area contributed by atoms with E-state index in [4.69, 9.17) is 0 Å². The van der Waals surface area contributed by atoms with Crippen molar-refractivity contribution in [2.24, 2.45) is 0 Å². The standard InChI is InChI=1S/C18H20F2N2/c19-15-8-6-7-14(18(15)20)13-21-16-9-2-3-10-17(16)22-11-4-1-5-12-22/h2-3,6-10,21H,1,4-5,11-13H2. The van der Waals surface area contributed by atoms with Gasteiger partial charge in [-0.25, -0.2) is 8.78 Å². The fourth-order valence-electron chi connectivity index (χ4n) is 2.91. The molecule has 2 aromatic rings. The van der Waals surface area contributed by atoms with Crippen LogP contribution in [0.1, 0.15) is 24.8 Å². The highest BCUT2D eigenvalue weighted by Gasteiger charge is 2.14. The Balaban J connectivity index is 1.76. The summed E-state index contributed by atoms with van der Waals surface area (Å²) in [7, 11) is 0. The van der Waals surface area contributed by atoms with Crippen LogP contribution in [-0.4, -0.2) is 13.1 Å². The van der Waals surface area contributed by atoms with Crippen molar-refractivity contribution in [1.29, 1.82) is 0 Å². The highest BCUT2D eigenvalue weighted by molar-refractivity contribution is 5.70. The van der Waals surface area contributed by atoms with Gasteiger partial charge in [-0.2, -0.15) is 0 Å². The summed E-state index contributed by atoms with van der Waals surface area (Å²) < 4.78 is 27.0. The van der Waals surface area contributed by atoms with Crippen molar-refractivity contribution < 1.29 is 8.78 Å². The van der Waals surface area contributed by atoms with Gasteiger partial charge >= 0.3 is 0 Å². The van der Waals surface area contributed by atoms with E-state index in [0.29, 0.717) is 5.56 Å². The first-order valence-electron chi connectivity index (χ1n) is 7.76. The highest BCUT2D eigenvalue weighted by atomic mass is 19.2. The third-order valence-corrected chi connectivity index (χ3v) is 4.10. The molecular weight excluding hydrogens is 282 g/mol. The van der Waals surface area contributed by atoms with Crippen molar-refractivity contribution >= 4 is 11.4 Å². The molecule has 2 aromatic carbocycles. The van der Waals surface area contributed by atoms with Crippen LogP contribution < -0.4 is 10.2 Å². The topological polar surface area (TPSA) is 15.3 Å². The van der Waals surface area contributed by atoms with Crippen LogP contribution in [-0.2, 0) is 6.54 Å². The zero-order valence-electron chi connectivity index (χ0n) is 12.5. The van der Waals surface area contributed by atoms with Gasteiger partial charge in [-0.15, -0.1) is 0 Å². The van der Waals surface area contributed by atoms with Crippen LogP contribution in [0.15, 0.2) is 42.5 Å². The molecule has 1 heterocycles. The molecule has 0 aliphatic carbocycles. The Kier molecular flexibility index (Phi) is 4.56. The molecule has 0 atom stereocenters. The summed E-state index contributed by atoms with van der Waals surface area (Å²) in [6.45, 7) is 2.37. The average Bonchev–Trinajstić information content (AvgIpc) is 2.57. The Morgan fingerprint density at radius 1 is 0.909 bits per heavy atom. The Morgan fingerprint density at radius 2 is 1.68 bits per heavy atom. The van der Waals surface area contributed by atoms with Crippen LogP contribution in [0.3, 0.4) is 0 Å². The van der Waals surface area contributed by atoms with Gasteiger partial charge in [0.15, 0.2) is 11.6 Å². The van der Waals surface area contributed by atoms with Crippen molar-refractivity contribution in [3.8, 4) is 0 Å². The smallest absolute Gasteiger partial charge is 0.163 e. The minimum atomic E-state index is -0.802. The van der Waals surface area contributed by atoms with Gasteiger partial charge in [0.25, 0.3) is 0 Å². The summed E-state index contributed by atoms with van der Waals surface area (Å²) in [4.78, 5) is 2.35. The van der Waals surface area contributed by atoms with E-state index in [1.165, 1.54) is 25.3 Å². The van der Waals surface area contributed by atoms with Gasteiger partial charge in [0.05, 0.1) is 11.4 Å². The van der Waals surface area contributed by atoms with Crippen molar-refractivity contribution in [3.05, 3.63) is 59.7 Å². The number of para-hydroxylation sites is 2. The highest BCUT2D eigenvalue weighted by Crippen LogP contribution is 2.28. The molecule has 2 nitrogen and oxygen atoms in total. The molecule has 1 aliphatic rings. The Bertz CT molecular complexity index is 637. The predicted molar refractivity (Wildman–Crippen MR) is 86.2 cm³/mol. The second kappa shape index (κ2) is 6.77. The second-order valence-electron chi connectivity index (χ2n) is 5.63. The van der Waals surface area contributed by atoms with Crippen LogP contribution >= 0.6 is 0 Å². The van der Waals surface area contributed by atoms with Crippen LogP contribution in [0.4, 0.5) is 20.2 Å². The maximum absolute atomic E-state index is 13.7. The number of hydrogen-bond acceptors (Lipinski definition) is 2. The van der Waals surface area contributed by atoms with E-state index in [2.05, 4.69) is 16.3 Å². The average molecular weight is 302 g/mol. The predicted octanol–water partition coefficient (Wildman–Crippen LogP) is 4.57. The van der Waals surface area contributed by atoms with Crippen LogP contribution in [0.5, 0.6) is 0 Å². The van der Waals surface area contributed by atoms with E-state index in [9.17, 15) is 8.78 Å². The van der Waals surface area contributed by atoms with Crippen molar-refractivity contribution in [2.75, 3.05) is 23.3 Å². The molecule has 0 saturated carbocycles. The normalized spacial score (nSPS) is 14.9. The molecule has 3 rings (SSSR count). The quantitative estimate of drug-likeness (QED) is 0.890. The van der Waals surface area contributed by atoms with E-state index < -0.39 is 11.6 Å². The molecule has 0 radical (unpaired) electrons.